The lowest BCUT2D eigenvalue weighted by Crippen LogP contribution is -1.93. The summed E-state index contributed by atoms with van der Waals surface area (Å²) in [5.74, 6) is 7.98. The van der Waals surface area contributed by atoms with Crippen LogP contribution in [0.5, 0.6) is 0 Å². The molecule has 0 atom stereocenters. The van der Waals surface area contributed by atoms with E-state index in [-0.39, 0.29) is 0 Å². The molecule has 0 spiro atoms. The van der Waals surface area contributed by atoms with Gasteiger partial charge in [-0.3, -0.25) is 0 Å². The molecule has 0 aliphatic heterocycles. The average Bonchev–Trinajstić information content (AvgIpc) is 3.15. The van der Waals surface area contributed by atoms with E-state index in [9.17, 15) is 0 Å². The van der Waals surface area contributed by atoms with Crippen molar-refractivity contribution in [3.63, 3.8) is 0 Å². The Kier molecular flexibility index (Phi) is 148. The third-order valence-electron chi connectivity index (χ3n) is 8.17. The van der Waals surface area contributed by atoms with Crippen LogP contribution in [0.1, 0.15) is 357 Å². The molecule has 0 saturated heterocycles. The van der Waals surface area contributed by atoms with Crippen molar-refractivity contribution in [2.24, 2.45) is 53.3 Å². The van der Waals surface area contributed by atoms with Crippen molar-refractivity contribution < 1.29 is 0 Å². The van der Waals surface area contributed by atoms with Crippen LogP contribution >= 0.6 is 0 Å². The average molecular weight is 894 g/mol. The first-order chi connectivity index (χ1) is 28.7. The second kappa shape index (κ2) is 99.4. The highest BCUT2D eigenvalue weighted by atomic mass is 14.0. The zero-order valence-corrected chi connectivity index (χ0v) is 52.3. The Morgan fingerprint density at radius 2 is 0.290 bits per heavy atom. The fraction of sp³-hybridized carbons (Fsp3) is 1.00. The van der Waals surface area contributed by atoms with E-state index in [4.69, 9.17) is 0 Å². The highest BCUT2D eigenvalue weighted by molar-refractivity contribution is 4.48. The zero-order chi connectivity index (χ0) is 52.3. The van der Waals surface area contributed by atoms with Gasteiger partial charge < -0.3 is 0 Å². The third-order valence-corrected chi connectivity index (χ3v) is 8.17. The van der Waals surface area contributed by atoms with Gasteiger partial charge in [0, 0.05) is 0 Å². The van der Waals surface area contributed by atoms with Crippen molar-refractivity contribution in [1.29, 1.82) is 0 Å². The molecule has 0 aromatic carbocycles. The summed E-state index contributed by atoms with van der Waals surface area (Å²) in [6.45, 7) is 73.4. The lowest BCUT2D eigenvalue weighted by molar-refractivity contribution is 0.469. The molecule has 0 saturated carbocycles. The van der Waals surface area contributed by atoms with Crippen molar-refractivity contribution in [2.45, 2.75) is 357 Å². The minimum atomic E-state index is 0.875. The Balaban J connectivity index is -0.0000000443. The normalized spacial score (nSPS) is 9.39. The first-order valence-corrected chi connectivity index (χ1v) is 28.7. The largest absolute Gasteiger partial charge is 0.0656 e. The van der Waals surface area contributed by atoms with Crippen molar-refractivity contribution in [3.05, 3.63) is 0 Å². The number of hydrogen-bond acceptors (Lipinski definition) is 0. The first-order valence-electron chi connectivity index (χ1n) is 28.7. The lowest BCUT2D eigenvalue weighted by Gasteiger charge is -2.05. The van der Waals surface area contributed by atoms with Crippen LogP contribution in [0.15, 0.2) is 0 Å². The van der Waals surface area contributed by atoms with E-state index in [1.807, 2.05) is 0 Å². The van der Waals surface area contributed by atoms with E-state index >= 15 is 0 Å². The molecular formula is C62H148. The van der Waals surface area contributed by atoms with Crippen LogP contribution in [0, 0.1) is 53.3 Å². The van der Waals surface area contributed by atoms with Crippen molar-refractivity contribution >= 4 is 0 Å². The fourth-order valence-corrected chi connectivity index (χ4v) is 4.20. The van der Waals surface area contributed by atoms with Crippen LogP contribution in [0.2, 0.25) is 0 Å². The van der Waals surface area contributed by atoms with E-state index in [0.29, 0.717) is 0 Å². The monoisotopic (exact) mass is 893 g/mol. The highest BCUT2D eigenvalue weighted by Gasteiger charge is 1.96. The van der Waals surface area contributed by atoms with Crippen LogP contribution in [0.25, 0.3) is 0 Å². The molecule has 0 aromatic rings. The Hall–Kier alpha value is 0. The summed E-state index contributed by atoms with van der Waals surface area (Å²) in [6, 6.07) is 0. The molecule has 0 radical (unpaired) electrons. The molecule has 0 nitrogen and oxygen atoms in total. The molecule has 0 N–H and O–H groups in total. The maximum absolute atomic E-state index is 2.26. The minimum absolute atomic E-state index is 0.875. The molecule has 0 aromatic heterocycles. The molecule has 0 aliphatic carbocycles. The smallest absolute Gasteiger partial charge is 0.0469 e. The predicted molar refractivity (Wildman–Crippen MR) is 311 cm³/mol. The molecular weight excluding hydrogens is 745 g/mol. The molecule has 0 amide bonds. The van der Waals surface area contributed by atoms with Gasteiger partial charge in [0.05, 0.1) is 0 Å². The number of hydrogen-bond donors (Lipinski definition) is 0. The maximum Gasteiger partial charge on any atom is -0.0469 e. The molecule has 0 unspecified atom stereocenters. The molecule has 0 bridgehead atoms. The molecule has 396 valence electrons. The standard InChI is InChI=1S/2C7H16.4C6H14.C5H12.4C4H10.C3H8/c2*1-6(2)5-7(3)4;4*1-4-5-6(2)3;1-4-5(2)3;4*1-3-4-2;1-3-2/h2*6-7H,5H2,1-4H3;4*6H,4-5H2,1-3H3;5H,4H2,1-3H3;4*3-4H2,1-2H3;3H2,1-2H3. The second-order valence-electron chi connectivity index (χ2n) is 21.3. The van der Waals surface area contributed by atoms with Crippen LogP contribution < -0.4 is 0 Å². The number of rotatable bonds is 17. The van der Waals surface area contributed by atoms with Gasteiger partial charge in [-0.15, -0.1) is 0 Å². The van der Waals surface area contributed by atoms with Gasteiger partial charge in [0.2, 0.25) is 0 Å². The summed E-state index contributed by atoms with van der Waals surface area (Å²) in [6.07, 6.45) is 26.7. The van der Waals surface area contributed by atoms with E-state index in [0.717, 1.165) is 53.3 Å². The summed E-state index contributed by atoms with van der Waals surface area (Å²) < 4.78 is 0. The van der Waals surface area contributed by atoms with Gasteiger partial charge in [0.25, 0.3) is 0 Å². The van der Waals surface area contributed by atoms with Crippen molar-refractivity contribution in [3.8, 4) is 0 Å². The third kappa shape index (κ3) is 309. The van der Waals surface area contributed by atoms with Crippen molar-refractivity contribution in [1.82, 2.24) is 0 Å². The first kappa shape index (κ1) is 92.3. The second-order valence-corrected chi connectivity index (χ2v) is 21.3. The number of unbranched alkanes of at least 4 members (excludes halogenated alkanes) is 4. The Labute approximate surface area is 408 Å². The van der Waals surface area contributed by atoms with Gasteiger partial charge >= 0.3 is 0 Å². The van der Waals surface area contributed by atoms with E-state index < -0.39 is 0 Å². The predicted octanol–water partition coefficient (Wildman–Crippen LogP) is 25.8. The Morgan fingerprint density at radius 3 is 0.290 bits per heavy atom. The van der Waals surface area contributed by atoms with Gasteiger partial charge in [-0.25, -0.2) is 0 Å². The van der Waals surface area contributed by atoms with Gasteiger partial charge in [-0.1, -0.05) is 344 Å². The fourth-order valence-electron chi connectivity index (χ4n) is 4.20. The molecule has 0 fully saturated rings. The summed E-state index contributed by atoms with van der Waals surface area (Å²) in [4.78, 5) is 0. The van der Waals surface area contributed by atoms with Gasteiger partial charge in [-0.05, 0) is 66.1 Å². The SMILES string of the molecule is CC(C)CC(C)C.CC(C)CC(C)C.CCC.CCC(C)C.CCCC.CCCC.CCCC.CCCC.CCCC(C)C.CCCC(C)C.CCCC(C)C.CCCC(C)C. The molecule has 0 aliphatic rings. The summed E-state index contributed by atoms with van der Waals surface area (Å²) in [5, 5.41) is 0. The quantitative estimate of drug-likeness (QED) is 0.136. The topological polar surface area (TPSA) is 0 Å². The molecule has 0 heterocycles. The van der Waals surface area contributed by atoms with Crippen molar-refractivity contribution in [2.75, 3.05) is 0 Å². The maximum atomic E-state index is 2.26. The van der Waals surface area contributed by atoms with E-state index in [2.05, 4.69) is 228 Å². The van der Waals surface area contributed by atoms with Gasteiger partial charge in [-0.2, -0.15) is 0 Å². The Morgan fingerprint density at radius 1 is 0.177 bits per heavy atom. The Bertz CT molecular complexity index is 414. The van der Waals surface area contributed by atoms with Gasteiger partial charge in [0.15, 0.2) is 0 Å². The van der Waals surface area contributed by atoms with Crippen LogP contribution in [-0.2, 0) is 0 Å². The summed E-state index contributed by atoms with van der Waals surface area (Å²) >= 11 is 0. The molecule has 62 heavy (non-hydrogen) atoms. The molecule has 0 rings (SSSR count). The lowest BCUT2D eigenvalue weighted by atomic mass is 10.0. The zero-order valence-electron chi connectivity index (χ0n) is 52.3. The van der Waals surface area contributed by atoms with Crippen LogP contribution in [0.3, 0.4) is 0 Å². The highest BCUT2D eigenvalue weighted by Crippen LogP contribution is 2.09. The summed E-state index contributed by atoms with van der Waals surface area (Å²) in [5.41, 5.74) is 0. The minimum Gasteiger partial charge on any atom is -0.0656 e. The van der Waals surface area contributed by atoms with Crippen LogP contribution in [0.4, 0.5) is 0 Å². The van der Waals surface area contributed by atoms with E-state index in [1.54, 1.807) is 0 Å². The molecule has 0 heteroatoms. The van der Waals surface area contributed by atoms with Gasteiger partial charge in [0.1, 0.15) is 0 Å². The summed E-state index contributed by atoms with van der Waals surface area (Å²) in [7, 11) is 0. The van der Waals surface area contributed by atoms with E-state index in [1.165, 1.54) is 128 Å². The van der Waals surface area contributed by atoms with Crippen LogP contribution in [-0.4, -0.2) is 0 Å².